The summed E-state index contributed by atoms with van der Waals surface area (Å²) in [5.74, 6) is -0.260. The Bertz CT molecular complexity index is 955. The lowest BCUT2D eigenvalue weighted by molar-refractivity contribution is 0.176. The van der Waals surface area contributed by atoms with Crippen LogP contribution in [-0.2, 0) is 29.5 Å². The molecule has 0 atom stereocenters. The molecule has 0 N–H and O–H groups in total. The quantitative estimate of drug-likeness (QED) is 0.767. The Morgan fingerprint density at radius 2 is 1.71 bits per heavy atom. The summed E-state index contributed by atoms with van der Waals surface area (Å²) in [6, 6.07) is 2.68. The van der Waals surface area contributed by atoms with Crippen molar-refractivity contribution in [2.75, 3.05) is 26.2 Å². The van der Waals surface area contributed by atoms with Crippen LogP contribution >= 0.6 is 0 Å². The van der Waals surface area contributed by atoms with Gasteiger partial charge in [0.05, 0.1) is 11.4 Å². The van der Waals surface area contributed by atoms with Gasteiger partial charge in [-0.15, -0.1) is 10.2 Å². The minimum atomic E-state index is -3.84. The van der Waals surface area contributed by atoms with E-state index in [0.29, 0.717) is 32.7 Å². The minimum Gasteiger partial charge on any atom is -0.314 e. The van der Waals surface area contributed by atoms with Crippen LogP contribution in [0.25, 0.3) is 0 Å². The molecule has 1 saturated heterocycles. The van der Waals surface area contributed by atoms with Crippen molar-refractivity contribution < 1.29 is 17.2 Å². The van der Waals surface area contributed by atoms with Crippen LogP contribution in [0, 0.1) is 11.6 Å². The second kappa shape index (κ2) is 7.84. The summed E-state index contributed by atoms with van der Waals surface area (Å²) in [7, 11) is -3.84. The van der Waals surface area contributed by atoms with Crippen molar-refractivity contribution in [2.24, 2.45) is 0 Å². The van der Waals surface area contributed by atoms with E-state index in [1.54, 1.807) is 0 Å². The van der Waals surface area contributed by atoms with E-state index in [1.807, 2.05) is 0 Å². The number of nitrogens with zero attached hydrogens (tertiary/aromatic N) is 5. The van der Waals surface area contributed by atoms with Crippen molar-refractivity contribution in [1.29, 1.82) is 0 Å². The van der Waals surface area contributed by atoms with E-state index in [1.165, 1.54) is 10.7 Å². The van der Waals surface area contributed by atoms with E-state index < -0.39 is 21.7 Å². The Morgan fingerprint density at radius 1 is 0.929 bits per heavy atom. The van der Waals surface area contributed by atoms with E-state index >= 15 is 0 Å². The zero-order valence-electron chi connectivity index (χ0n) is 15.5. The number of rotatable bonds is 4. The summed E-state index contributed by atoms with van der Waals surface area (Å²) in [4.78, 5) is 1.93. The molecule has 0 bridgehead atoms. The van der Waals surface area contributed by atoms with Crippen molar-refractivity contribution in [3.63, 3.8) is 0 Å². The molecule has 28 heavy (non-hydrogen) atoms. The summed E-state index contributed by atoms with van der Waals surface area (Å²) in [6.07, 6.45) is 4.41. The molecule has 0 radical (unpaired) electrons. The second-order valence-electron chi connectivity index (χ2n) is 7.25. The van der Waals surface area contributed by atoms with Gasteiger partial charge in [0.15, 0.2) is 11.6 Å². The molecule has 1 aromatic heterocycles. The van der Waals surface area contributed by atoms with E-state index in [0.717, 1.165) is 55.7 Å². The number of piperazine rings is 1. The van der Waals surface area contributed by atoms with Gasteiger partial charge in [0.2, 0.25) is 10.0 Å². The standard InChI is InChI=1S/C18H23F2N5O2S/c19-15-6-5-14(12-16(15)20)28(26,27)24-10-8-23(9-11-24)13-18-22-21-17-4-2-1-3-7-25(17)18/h5-6,12H,1-4,7-11,13H2. The van der Waals surface area contributed by atoms with Gasteiger partial charge in [-0.1, -0.05) is 6.42 Å². The number of aromatic nitrogens is 3. The van der Waals surface area contributed by atoms with Crippen molar-refractivity contribution in [3.8, 4) is 0 Å². The number of hydrogen-bond acceptors (Lipinski definition) is 5. The first kappa shape index (κ1) is 19.4. The fraction of sp³-hybridized carbons (Fsp3) is 0.556. The zero-order valence-corrected chi connectivity index (χ0v) is 16.3. The molecule has 2 aliphatic heterocycles. The molecule has 0 aliphatic carbocycles. The van der Waals surface area contributed by atoms with Crippen LogP contribution < -0.4 is 0 Å². The first-order chi connectivity index (χ1) is 13.4. The number of benzene rings is 1. The summed E-state index contributed by atoms with van der Waals surface area (Å²) >= 11 is 0. The van der Waals surface area contributed by atoms with Crippen LogP contribution in [-0.4, -0.2) is 58.6 Å². The zero-order chi connectivity index (χ0) is 19.7. The molecule has 0 unspecified atom stereocenters. The molecule has 3 heterocycles. The topological polar surface area (TPSA) is 71.3 Å². The molecule has 152 valence electrons. The Labute approximate surface area is 163 Å². The monoisotopic (exact) mass is 411 g/mol. The number of aryl methyl sites for hydroxylation is 1. The van der Waals surface area contributed by atoms with E-state index in [4.69, 9.17) is 0 Å². The maximum absolute atomic E-state index is 13.4. The lowest BCUT2D eigenvalue weighted by atomic mass is 10.2. The molecule has 2 aromatic rings. The number of fused-ring (bicyclic) bond motifs is 1. The van der Waals surface area contributed by atoms with Crippen LogP contribution in [0.1, 0.15) is 30.9 Å². The first-order valence-electron chi connectivity index (χ1n) is 9.53. The number of hydrogen-bond donors (Lipinski definition) is 0. The van der Waals surface area contributed by atoms with Gasteiger partial charge in [-0.2, -0.15) is 4.31 Å². The van der Waals surface area contributed by atoms with Gasteiger partial charge in [-0.25, -0.2) is 17.2 Å². The van der Waals surface area contributed by atoms with Crippen molar-refractivity contribution in [3.05, 3.63) is 41.5 Å². The van der Waals surface area contributed by atoms with Gasteiger partial charge in [0, 0.05) is 39.1 Å². The lowest BCUT2D eigenvalue weighted by Crippen LogP contribution is -2.48. The van der Waals surface area contributed by atoms with Gasteiger partial charge in [0.25, 0.3) is 0 Å². The predicted octanol–water partition coefficient (Wildman–Crippen LogP) is 1.79. The first-order valence-corrected chi connectivity index (χ1v) is 11.0. The Balaban J connectivity index is 1.41. The van der Waals surface area contributed by atoms with Gasteiger partial charge in [-0.3, -0.25) is 4.90 Å². The van der Waals surface area contributed by atoms with Crippen molar-refractivity contribution in [1.82, 2.24) is 24.0 Å². The van der Waals surface area contributed by atoms with Gasteiger partial charge < -0.3 is 4.57 Å². The van der Waals surface area contributed by atoms with Crippen molar-refractivity contribution in [2.45, 2.75) is 43.7 Å². The van der Waals surface area contributed by atoms with Crippen LogP contribution in [0.3, 0.4) is 0 Å². The molecule has 10 heteroatoms. The molecular formula is C18H23F2N5O2S. The summed E-state index contributed by atoms with van der Waals surface area (Å²) in [6.45, 7) is 3.25. The molecule has 0 saturated carbocycles. The van der Waals surface area contributed by atoms with Crippen LogP contribution in [0.5, 0.6) is 0 Å². The summed E-state index contributed by atoms with van der Waals surface area (Å²) in [5, 5.41) is 8.63. The molecular weight excluding hydrogens is 388 g/mol. The van der Waals surface area contributed by atoms with Gasteiger partial charge >= 0.3 is 0 Å². The van der Waals surface area contributed by atoms with Crippen LogP contribution in [0.15, 0.2) is 23.1 Å². The maximum atomic E-state index is 13.4. The number of halogens is 2. The van der Waals surface area contributed by atoms with Crippen LogP contribution in [0.4, 0.5) is 8.78 Å². The Hall–Kier alpha value is -1.91. The van der Waals surface area contributed by atoms with Gasteiger partial charge in [-0.05, 0) is 31.0 Å². The maximum Gasteiger partial charge on any atom is 0.243 e. The largest absolute Gasteiger partial charge is 0.314 e. The highest BCUT2D eigenvalue weighted by atomic mass is 32.2. The van der Waals surface area contributed by atoms with Crippen LogP contribution in [0.2, 0.25) is 0 Å². The van der Waals surface area contributed by atoms with E-state index in [2.05, 4.69) is 19.7 Å². The summed E-state index contributed by atoms with van der Waals surface area (Å²) < 4.78 is 55.4. The highest BCUT2D eigenvalue weighted by Gasteiger charge is 2.30. The highest BCUT2D eigenvalue weighted by Crippen LogP contribution is 2.21. The Morgan fingerprint density at radius 3 is 2.46 bits per heavy atom. The minimum absolute atomic E-state index is 0.220. The number of sulfonamides is 1. The van der Waals surface area contributed by atoms with E-state index in [9.17, 15) is 17.2 Å². The fourth-order valence-corrected chi connectivity index (χ4v) is 5.21. The SMILES string of the molecule is O=S(=O)(c1ccc(F)c(F)c1)N1CCN(Cc2nnc3n2CCCCC3)CC1. The normalized spacial score (nSPS) is 19.4. The molecule has 0 spiro atoms. The lowest BCUT2D eigenvalue weighted by Gasteiger charge is -2.33. The molecule has 1 fully saturated rings. The predicted molar refractivity (Wildman–Crippen MR) is 98.0 cm³/mol. The molecule has 0 amide bonds. The average molecular weight is 411 g/mol. The summed E-state index contributed by atoms with van der Waals surface area (Å²) in [5.41, 5.74) is 0. The third kappa shape index (κ3) is 3.81. The molecule has 7 nitrogen and oxygen atoms in total. The molecule has 4 rings (SSSR count). The Kier molecular flexibility index (Phi) is 5.44. The smallest absolute Gasteiger partial charge is 0.243 e. The average Bonchev–Trinajstić information content (AvgIpc) is 2.90. The highest BCUT2D eigenvalue weighted by molar-refractivity contribution is 7.89. The molecule has 2 aliphatic rings. The third-order valence-electron chi connectivity index (χ3n) is 5.41. The third-order valence-corrected chi connectivity index (χ3v) is 7.31. The molecule has 1 aromatic carbocycles. The van der Waals surface area contributed by atoms with E-state index in [-0.39, 0.29) is 4.90 Å². The fourth-order valence-electron chi connectivity index (χ4n) is 3.78. The van der Waals surface area contributed by atoms with Gasteiger partial charge in [0.1, 0.15) is 11.6 Å². The van der Waals surface area contributed by atoms with Crippen molar-refractivity contribution >= 4 is 10.0 Å². The second-order valence-corrected chi connectivity index (χ2v) is 9.19.